The van der Waals surface area contributed by atoms with Gasteiger partial charge >= 0.3 is 0 Å². The molecule has 0 aromatic carbocycles. The van der Waals surface area contributed by atoms with Gasteiger partial charge in [0.25, 0.3) is 0 Å². The van der Waals surface area contributed by atoms with Crippen LogP contribution in [0.4, 0.5) is 0 Å². The minimum absolute atomic E-state index is 0.100. The zero-order valence-electron chi connectivity index (χ0n) is 11.2. The molecule has 0 spiro atoms. The number of nitrogens with zero attached hydrogens (tertiary/aromatic N) is 2. The van der Waals surface area contributed by atoms with E-state index in [0.717, 1.165) is 13.0 Å². The minimum Gasteiger partial charge on any atom is -0.376 e. The van der Waals surface area contributed by atoms with E-state index in [2.05, 4.69) is 36.2 Å². The summed E-state index contributed by atoms with van der Waals surface area (Å²) in [5.74, 6) is 1.22. The summed E-state index contributed by atoms with van der Waals surface area (Å²) in [5, 5.41) is 7.31. The first kappa shape index (κ1) is 13.5. The Labute approximate surface area is 107 Å². The van der Waals surface area contributed by atoms with Crippen LogP contribution in [0.25, 0.3) is 0 Å². The molecule has 18 heavy (non-hydrogen) atoms. The highest BCUT2D eigenvalue weighted by molar-refractivity contribution is 4.93. The highest BCUT2D eigenvalue weighted by Gasteiger charge is 2.22. The molecule has 1 aliphatic rings. The van der Waals surface area contributed by atoms with Crippen LogP contribution in [-0.2, 0) is 15.9 Å². The summed E-state index contributed by atoms with van der Waals surface area (Å²) in [6.07, 6.45) is 0.532. The number of hydrogen-bond donors (Lipinski definition) is 1. The van der Waals surface area contributed by atoms with Crippen LogP contribution in [0.5, 0.6) is 0 Å². The summed E-state index contributed by atoms with van der Waals surface area (Å²) < 4.78 is 16.0. The Bertz CT molecular complexity index is 367. The van der Waals surface area contributed by atoms with Crippen molar-refractivity contribution in [3.05, 3.63) is 11.7 Å². The Morgan fingerprint density at radius 3 is 2.83 bits per heavy atom. The smallest absolute Gasteiger partial charge is 0.228 e. The summed E-state index contributed by atoms with van der Waals surface area (Å²) in [5.41, 5.74) is 0.100. The molecule has 6 nitrogen and oxygen atoms in total. The molecule has 1 atom stereocenters. The van der Waals surface area contributed by atoms with Gasteiger partial charge in [-0.25, -0.2) is 0 Å². The first-order valence-corrected chi connectivity index (χ1v) is 6.31. The lowest BCUT2D eigenvalue weighted by atomic mass is 10.1. The van der Waals surface area contributed by atoms with Gasteiger partial charge in [0, 0.05) is 18.5 Å². The number of aromatic nitrogens is 2. The van der Waals surface area contributed by atoms with Crippen molar-refractivity contribution in [1.29, 1.82) is 0 Å². The van der Waals surface area contributed by atoms with Crippen LogP contribution in [0, 0.1) is 0 Å². The van der Waals surface area contributed by atoms with Gasteiger partial charge in [-0.2, -0.15) is 4.98 Å². The number of ether oxygens (including phenoxy) is 2. The monoisotopic (exact) mass is 255 g/mol. The molecule has 6 heteroatoms. The molecule has 0 amide bonds. The van der Waals surface area contributed by atoms with Crippen molar-refractivity contribution in [3.8, 4) is 0 Å². The molecule has 1 aliphatic heterocycles. The molecule has 1 aromatic rings. The van der Waals surface area contributed by atoms with E-state index in [1.807, 2.05) is 0 Å². The second kappa shape index (κ2) is 5.77. The normalized spacial score (nSPS) is 21.2. The van der Waals surface area contributed by atoms with Gasteiger partial charge in [-0.3, -0.25) is 0 Å². The first-order chi connectivity index (χ1) is 8.54. The summed E-state index contributed by atoms with van der Waals surface area (Å²) in [4.78, 5) is 4.33. The highest BCUT2D eigenvalue weighted by Crippen LogP contribution is 2.17. The van der Waals surface area contributed by atoms with E-state index in [0.29, 0.717) is 31.5 Å². The predicted octanol–water partition coefficient (Wildman–Crippen LogP) is 1.09. The van der Waals surface area contributed by atoms with E-state index in [-0.39, 0.29) is 11.6 Å². The SMILES string of the molecule is CC(C)(C)NCCc1nc(C2COCCO2)no1. The van der Waals surface area contributed by atoms with Crippen molar-refractivity contribution < 1.29 is 14.0 Å². The van der Waals surface area contributed by atoms with E-state index >= 15 is 0 Å². The van der Waals surface area contributed by atoms with Crippen LogP contribution in [0.2, 0.25) is 0 Å². The third-order valence-corrected chi connectivity index (χ3v) is 2.58. The maximum Gasteiger partial charge on any atom is 0.228 e. The zero-order valence-corrected chi connectivity index (χ0v) is 11.2. The van der Waals surface area contributed by atoms with Crippen LogP contribution in [0.15, 0.2) is 4.52 Å². The molecule has 0 saturated carbocycles. The van der Waals surface area contributed by atoms with Crippen LogP contribution >= 0.6 is 0 Å². The molecule has 0 aliphatic carbocycles. The Morgan fingerprint density at radius 2 is 2.17 bits per heavy atom. The Hall–Kier alpha value is -0.980. The molecule has 1 N–H and O–H groups in total. The first-order valence-electron chi connectivity index (χ1n) is 6.31. The standard InChI is InChI=1S/C12H21N3O3/c1-12(2,3)13-5-4-10-14-11(15-18-10)9-8-16-6-7-17-9/h9,13H,4-8H2,1-3H3. The van der Waals surface area contributed by atoms with E-state index < -0.39 is 0 Å². The van der Waals surface area contributed by atoms with E-state index in [9.17, 15) is 0 Å². The molecular formula is C12H21N3O3. The van der Waals surface area contributed by atoms with Gasteiger partial charge < -0.3 is 19.3 Å². The van der Waals surface area contributed by atoms with Crippen molar-refractivity contribution in [3.63, 3.8) is 0 Å². The number of nitrogens with one attached hydrogen (secondary N) is 1. The second-order valence-corrected chi connectivity index (χ2v) is 5.41. The molecule has 2 heterocycles. The molecule has 1 fully saturated rings. The van der Waals surface area contributed by atoms with Crippen LogP contribution in [0.3, 0.4) is 0 Å². The van der Waals surface area contributed by atoms with Gasteiger partial charge in [0.1, 0.15) is 6.10 Å². The average Bonchev–Trinajstić information content (AvgIpc) is 2.77. The van der Waals surface area contributed by atoms with Gasteiger partial charge in [0.2, 0.25) is 11.7 Å². The fraction of sp³-hybridized carbons (Fsp3) is 0.833. The quantitative estimate of drug-likeness (QED) is 0.868. The van der Waals surface area contributed by atoms with Crippen molar-refractivity contribution in [2.75, 3.05) is 26.4 Å². The average molecular weight is 255 g/mol. The van der Waals surface area contributed by atoms with Gasteiger partial charge in [0.15, 0.2) is 0 Å². The van der Waals surface area contributed by atoms with E-state index in [1.165, 1.54) is 0 Å². The largest absolute Gasteiger partial charge is 0.376 e. The Kier molecular flexibility index (Phi) is 4.31. The lowest BCUT2D eigenvalue weighted by molar-refractivity contribution is -0.0941. The van der Waals surface area contributed by atoms with Crippen molar-refractivity contribution in [2.24, 2.45) is 0 Å². The molecule has 0 radical (unpaired) electrons. The van der Waals surface area contributed by atoms with E-state index in [4.69, 9.17) is 14.0 Å². The lowest BCUT2D eigenvalue weighted by Crippen LogP contribution is -2.37. The third kappa shape index (κ3) is 4.04. The molecule has 0 bridgehead atoms. The van der Waals surface area contributed by atoms with Crippen LogP contribution < -0.4 is 5.32 Å². The number of rotatable bonds is 4. The maximum atomic E-state index is 5.51. The summed E-state index contributed by atoms with van der Waals surface area (Å²) >= 11 is 0. The zero-order chi connectivity index (χ0) is 13.0. The van der Waals surface area contributed by atoms with Gasteiger partial charge in [-0.05, 0) is 20.8 Å². The van der Waals surface area contributed by atoms with Crippen molar-refractivity contribution >= 4 is 0 Å². The molecular weight excluding hydrogens is 234 g/mol. The van der Waals surface area contributed by atoms with Crippen LogP contribution in [0.1, 0.15) is 38.6 Å². The fourth-order valence-corrected chi connectivity index (χ4v) is 1.68. The summed E-state index contributed by atoms with van der Waals surface area (Å²) in [6, 6.07) is 0. The highest BCUT2D eigenvalue weighted by atomic mass is 16.6. The minimum atomic E-state index is -0.188. The molecule has 1 aromatic heterocycles. The second-order valence-electron chi connectivity index (χ2n) is 5.41. The summed E-state index contributed by atoms with van der Waals surface area (Å²) in [7, 11) is 0. The van der Waals surface area contributed by atoms with Gasteiger partial charge in [-0.1, -0.05) is 5.16 Å². The van der Waals surface area contributed by atoms with Gasteiger partial charge in [0.05, 0.1) is 19.8 Å². The molecule has 102 valence electrons. The topological polar surface area (TPSA) is 69.4 Å². The van der Waals surface area contributed by atoms with Crippen molar-refractivity contribution in [2.45, 2.75) is 38.8 Å². The van der Waals surface area contributed by atoms with Crippen LogP contribution in [-0.4, -0.2) is 42.0 Å². The van der Waals surface area contributed by atoms with Gasteiger partial charge in [-0.15, -0.1) is 0 Å². The molecule has 1 saturated heterocycles. The van der Waals surface area contributed by atoms with E-state index in [1.54, 1.807) is 0 Å². The Morgan fingerprint density at radius 1 is 1.33 bits per heavy atom. The fourth-order valence-electron chi connectivity index (χ4n) is 1.68. The maximum absolute atomic E-state index is 5.51. The molecule has 2 rings (SSSR count). The Balaban J connectivity index is 1.82. The molecule has 1 unspecified atom stereocenters. The third-order valence-electron chi connectivity index (χ3n) is 2.58. The number of hydrogen-bond acceptors (Lipinski definition) is 6. The summed E-state index contributed by atoms with van der Waals surface area (Å²) in [6.45, 7) is 8.90. The van der Waals surface area contributed by atoms with Crippen molar-refractivity contribution in [1.82, 2.24) is 15.5 Å². The lowest BCUT2D eigenvalue weighted by Gasteiger charge is -2.20. The predicted molar refractivity (Wildman–Crippen MR) is 65.3 cm³/mol.